The fourth-order valence-electron chi connectivity index (χ4n) is 4.37. The summed E-state index contributed by atoms with van der Waals surface area (Å²) in [6, 6.07) is 8.39. The number of nitrogens with one attached hydrogen (secondary N) is 1. The lowest BCUT2D eigenvalue weighted by atomic mass is 9.99. The van der Waals surface area contributed by atoms with E-state index in [1.807, 2.05) is 6.92 Å². The molecule has 5 rings (SSSR count). The fourth-order valence-corrected chi connectivity index (χ4v) is 5.57. The topological polar surface area (TPSA) is 84.6 Å². The first kappa shape index (κ1) is 23.6. The molecule has 3 aromatic rings. The molecule has 1 saturated heterocycles. The summed E-state index contributed by atoms with van der Waals surface area (Å²) in [5, 5.41) is 12.8. The third-order valence-electron chi connectivity index (χ3n) is 6.55. The maximum atomic E-state index is 12.7. The van der Waals surface area contributed by atoms with Gasteiger partial charge in [-0.25, -0.2) is 4.99 Å². The first-order chi connectivity index (χ1) is 16.9. The lowest BCUT2D eigenvalue weighted by molar-refractivity contribution is -0.120. The zero-order chi connectivity index (χ0) is 24.5. The minimum absolute atomic E-state index is 0.0510. The van der Waals surface area contributed by atoms with Gasteiger partial charge < -0.3 is 10.1 Å². The average molecular weight is 491 g/mol. The SMILES string of the molecule is Cc1ccc(C2=N/C(=C\NC(=O)CCN3CCOCC3)c3nnc(C)n3-c3sc(C)c(C)c32)cc1. The number of carbonyl (C=O) groups excluding carboxylic acids is 1. The molecule has 1 aromatic carbocycles. The van der Waals surface area contributed by atoms with Crippen molar-refractivity contribution >= 4 is 28.7 Å². The molecule has 8 nitrogen and oxygen atoms in total. The molecular formula is C26H30N6O2S. The smallest absolute Gasteiger partial charge is 0.225 e. The highest BCUT2D eigenvalue weighted by Gasteiger charge is 2.29. The number of hydrogen-bond donors (Lipinski definition) is 1. The molecule has 1 N–H and O–H groups in total. The molecule has 1 amide bonds. The van der Waals surface area contributed by atoms with E-state index in [2.05, 4.69) is 70.0 Å². The summed E-state index contributed by atoms with van der Waals surface area (Å²) in [5.74, 6) is 1.36. The molecule has 0 spiro atoms. The Morgan fingerprint density at radius 3 is 2.60 bits per heavy atom. The van der Waals surface area contributed by atoms with Crippen LogP contribution in [0.4, 0.5) is 0 Å². The van der Waals surface area contributed by atoms with Gasteiger partial charge in [-0.3, -0.25) is 14.3 Å². The zero-order valence-electron chi connectivity index (χ0n) is 20.6. The number of aryl methyl sites for hydroxylation is 3. The zero-order valence-corrected chi connectivity index (χ0v) is 21.4. The number of aliphatic imine (C=N–C) groups is 1. The largest absolute Gasteiger partial charge is 0.379 e. The van der Waals surface area contributed by atoms with Gasteiger partial charge in [-0.1, -0.05) is 29.8 Å². The molecule has 4 heterocycles. The number of benzene rings is 1. The van der Waals surface area contributed by atoms with Gasteiger partial charge in [-0.05, 0) is 33.3 Å². The monoisotopic (exact) mass is 490 g/mol. The Morgan fingerprint density at radius 2 is 1.86 bits per heavy atom. The van der Waals surface area contributed by atoms with Crippen molar-refractivity contribution in [3.8, 4) is 5.00 Å². The predicted molar refractivity (Wildman–Crippen MR) is 138 cm³/mol. The van der Waals surface area contributed by atoms with Crippen LogP contribution in [-0.4, -0.2) is 64.1 Å². The Hall–Kier alpha value is -3.14. The van der Waals surface area contributed by atoms with Crippen LogP contribution in [-0.2, 0) is 9.53 Å². The number of aromatic nitrogens is 3. The van der Waals surface area contributed by atoms with Crippen molar-refractivity contribution in [3.63, 3.8) is 0 Å². The van der Waals surface area contributed by atoms with Crippen molar-refractivity contribution in [1.29, 1.82) is 0 Å². The van der Waals surface area contributed by atoms with Crippen molar-refractivity contribution in [2.45, 2.75) is 34.1 Å². The minimum Gasteiger partial charge on any atom is -0.379 e. The minimum atomic E-state index is -0.0510. The second-order valence-corrected chi connectivity index (χ2v) is 10.2. The van der Waals surface area contributed by atoms with E-state index in [1.54, 1.807) is 17.5 Å². The lowest BCUT2D eigenvalue weighted by Crippen LogP contribution is -2.38. The molecule has 0 radical (unpaired) electrons. The Balaban J connectivity index is 1.52. The molecule has 0 aliphatic carbocycles. The van der Waals surface area contributed by atoms with E-state index in [9.17, 15) is 4.79 Å². The number of morpholine rings is 1. The fraction of sp³-hybridized carbons (Fsp3) is 0.385. The first-order valence-electron chi connectivity index (χ1n) is 11.9. The summed E-state index contributed by atoms with van der Waals surface area (Å²) in [4.78, 5) is 21.3. The summed E-state index contributed by atoms with van der Waals surface area (Å²) in [7, 11) is 0. The van der Waals surface area contributed by atoms with E-state index >= 15 is 0 Å². The van der Waals surface area contributed by atoms with Crippen LogP contribution in [0.25, 0.3) is 10.7 Å². The van der Waals surface area contributed by atoms with Crippen LogP contribution in [0.1, 0.15) is 45.2 Å². The molecule has 0 saturated carbocycles. The third-order valence-corrected chi connectivity index (χ3v) is 7.74. The van der Waals surface area contributed by atoms with Gasteiger partial charge in [0.25, 0.3) is 0 Å². The molecule has 0 unspecified atom stereocenters. The number of ether oxygens (including phenoxy) is 1. The van der Waals surface area contributed by atoms with E-state index < -0.39 is 0 Å². The van der Waals surface area contributed by atoms with Gasteiger partial charge in [-0.2, -0.15) is 0 Å². The number of rotatable bonds is 5. The number of amides is 1. The molecule has 2 aromatic heterocycles. The average Bonchev–Trinajstić information content (AvgIpc) is 3.33. The maximum absolute atomic E-state index is 12.7. The summed E-state index contributed by atoms with van der Waals surface area (Å²) in [5.41, 5.74) is 5.96. The van der Waals surface area contributed by atoms with Gasteiger partial charge in [0, 0.05) is 48.3 Å². The highest BCUT2D eigenvalue weighted by molar-refractivity contribution is 7.15. The van der Waals surface area contributed by atoms with Crippen LogP contribution >= 0.6 is 11.3 Å². The van der Waals surface area contributed by atoms with Crippen LogP contribution < -0.4 is 5.32 Å². The normalized spacial score (nSPS) is 17.0. The molecule has 2 aliphatic rings. The number of carbonyl (C=O) groups is 1. The van der Waals surface area contributed by atoms with Crippen LogP contribution in [0.5, 0.6) is 0 Å². The van der Waals surface area contributed by atoms with E-state index in [4.69, 9.17) is 9.73 Å². The molecule has 182 valence electrons. The van der Waals surface area contributed by atoms with Gasteiger partial charge in [0.05, 0.1) is 18.9 Å². The Bertz CT molecular complexity index is 1310. The highest BCUT2D eigenvalue weighted by Crippen LogP contribution is 2.38. The maximum Gasteiger partial charge on any atom is 0.225 e. The van der Waals surface area contributed by atoms with Crippen LogP contribution in [0.15, 0.2) is 35.5 Å². The number of thiophene rings is 1. The highest BCUT2D eigenvalue weighted by atomic mass is 32.1. The van der Waals surface area contributed by atoms with Crippen molar-refractivity contribution in [2.75, 3.05) is 32.8 Å². The summed E-state index contributed by atoms with van der Waals surface area (Å²) >= 11 is 1.72. The second kappa shape index (κ2) is 9.85. The Kier molecular flexibility index (Phi) is 6.64. The van der Waals surface area contributed by atoms with E-state index in [-0.39, 0.29) is 5.91 Å². The standard InChI is InChI=1S/C26H30N6O2S/c1-16-5-7-20(8-6-16)24-23-17(2)18(3)35-26(23)32-19(4)29-30-25(32)21(28-24)15-27-22(33)9-10-31-11-13-34-14-12-31/h5-8,15H,9-14H2,1-4H3,(H,27,33)/b21-15-. The lowest BCUT2D eigenvalue weighted by Gasteiger charge is -2.26. The van der Waals surface area contributed by atoms with E-state index in [1.165, 1.54) is 16.0 Å². The van der Waals surface area contributed by atoms with Gasteiger partial charge in [0.1, 0.15) is 16.5 Å². The number of hydrogen-bond acceptors (Lipinski definition) is 7. The molecule has 0 bridgehead atoms. The number of fused-ring (bicyclic) bond motifs is 3. The molecule has 1 fully saturated rings. The van der Waals surface area contributed by atoms with Crippen LogP contribution in [0.2, 0.25) is 0 Å². The van der Waals surface area contributed by atoms with Gasteiger partial charge in [0.15, 0.2) is 5.82 Å². The van der Waals surface area contributed by atoms with Gasteiger partial charge >= 0.3 is 0 Å². The molecule has 2 aliphatic heterocycles. The van der Waals surface area contributed by atoms with Crippen molar-refractivity contribution < 1.29 is 9.53 Å². The summed E-state index contributed by atoms with van der Waals surface area (Å²) in [6.07, 6.45) is 2.09. The predicted octanol–water partition coefficient (Wildman–Crippen LogP) is 3.55. The number of nitrogens with zero attached hydrogens (tertiary/aromatic N) is 5. The summed E-state index contributed by atoms with van der Waals surface area (Å²) in [6.45, 7) is 12.2. The quantitative estimate of drug-likeness (QED) is 0.591. The first-order valence-corrected chi connectivity index (χ1v) is 12.7. The van der Waals surface area contributed by atoms with E-state index in [0.717, 1.165) is 54.0 Å². The van der Waals surface area contributed by atoms with Crippen molar-refractivity contribution in [1.82, 2.24) is 25.0 Å². The van der Waals surface area contributed by atoms with Crippen molar-refractivity contribution in [2.24, 2.45) is 4.99 Å². The van der Waals surface area contributed by atoms with Crippen LogP contribution in [0, 0.1) is 27.7 Å². The van der Waals surface area contributed by atoms with Gasteiger partial charge in [0.2, 0.25) is 5.91 Å². The van der Waals surface area contributed by atoms with Gasteiger partial charge in [-0.15, -0.1) is 21.5 Å². The van der Waals surface area contributed by atoms with Crippen molar-refractivity contribution in [3.05, 3.63) is 69.2 Å². The molecule has 0 atom stereocenters. The molecule has 35 heavy (non-hydrogen) atoms. The summed E-state index contributed by atoms with van der Waals surface area (Å²) < 4.78 is 7.44. The Morgan fingerprint density at radius 1 is 1.11 bits per heavy atom. The third kappa shape index (κ3) is 4.71. The Labute approximate surface area is 209 Å². The molecular weight excluding hydrogens is 460 g/mol. The molecule has 9 heteroatoms. The second-order valence-electron chi connectivity index (χ2n) is 9.00. The van der Waals surface area contributed by atoms with Crippen LogP contribution in [0.3, 0.4) is 0 Å². The van der Waals surface area contributed by atoms with E-state index in [0.29, 0.717) is 24.5 Å².